The fourth-order valence-corrected chi connectivity index (χ4v) is 2.72. The predicted octanol–water partition coefficient (Wildman–Crippen LogP) is -0.118. The lowest BCUT2D eigenvalue weighted by molar-refractivity contribution is -0.146. The van der Waals surface area contributed by atoms with Gasteiger partial charge in [-0.05, 0) is 12.1 Å². The standard InChI is InChI=1S/C22H32N2O10/c1-29-19(25)13-23(14-20(26)30-2)9-10-33-11-12-34-18-8-6-5-7-17(18)24(15-21(27)31-3)16-22(28)32-4/h5-8H,9-16H2,1-4H3. The Labute approximate surface area is 198 Å². The predicted molar refractivity (Wildman–Crippen MR) is 119 cm³/mol. The number of hydrogen-bond donors (Lipinski definition) is 0. The lowest BCUT2D eigenvalue weighted by atomic mass is 10.2. The average molecular weight is 485 g/mol. The number of esters is 4. The van der Waals surface area contributed by atoms with Gasteiger partial charge < -0.3 is 33.3 Å². The lowest BCUT2D eigenvalue weighted by Gasteiger charge is -2.24. The van der Waals surface area contributed by atoms with Crippen LogP contribution in [0.1, 0.15) is 0 Å². The van der Waals surface area contributed by atoms with Crippen LogP contribution in [0.4, 0.5) is 5.69 Å². The molecule has 0 heterocycles. The van der Waals surface area contributed by atoms with Gasteiger partial charge in [-0.1, -0.05) is 12.1 Å². The molecular weight excluding hydrogens is 452 g/mol. The van der Waals surface area contributed by atoms with Crippen molar-refractivity contribution in [3.05, 3.63) is 24.3 Å². The molecular formula is C22H32N2O10. The summed E-state index contributed by atoms with van der Waals surface area (Å²) in [7, 11) is 5.05. The van der Waals surface area contributed by atoms with Crippen LogP contribution in [0.2, 0.25) is 0 Å². The van der Waals surface area contributed by atoms with Gasteiger partial charge in [0.1, 0.15) is 25.4 Å². The summed E-state index contributed by atoms with van der Waals surface area (Å²) in [5.74, 6) is -1.56. The molecule has 0 bridgehead atoms. The van der Waals surface area contributed by atoms with E-state index in [0.29, 0.717) is 18.0 Å². The third-order valence-corrected chi connectivity index (χ3v) is 4.50. The highest BCUT2D eigenvalue weighted by molar-refractivity contribution is 5.82. The number of rotatable bonds is 16. The fourth-order valence-electron chi connectivity index (χ4n) is 2.72. The minimum absolute atomic E-state index is 0.0743. The normalized spacial score (nSPS) is 10.4. The highest BCUT2D eigenvalue weighted by atomic mass is 16.5. The molecule has 0 radical (unpaired) electrons. The molecule has 12 nitrogen and oxygen atoms in total. The molecule has 0 amide bonds. The number of benzene rings is 1. The van der Waals surface area contributed by atoms with E-state index >= 15 is 0 Å². The largest absolute Gasteiger partial charge is 0.489 e. The summed E-state index contributed by atoms with van der Waals surface area (Å²) >= 11 is 0. The molecule has 0 N–H and O–H groups in total. The van der Waals surface area contributed by atoms with E-state index in [4.69, 9.17) is 18.9 Å². The summed E-state index contributed by atoms with van der Waals surface area (Å²) in [6, 6.07) is 6.91. The molecule has 0 atom stereocenters. The molecule has 0 aromatic heterocycles. The van der Waals surface area contributed by atoms with Gasteiger partial charge in [-0.2, -0.15) is 0 Å². The van der Waals surface area contributed by atoms with Crippen LogP contribution in [0.15, 0.2) is 24.3 Å². The molecule has 0 saturated heterocycles. The van der Waals surface area contributed by atoms with Crippen LogP contribution in [0.3, 0.4) is 0 Å². The van der Waals surface area contributed by atoms with E-state index in [1.807, 2.05) is 0 Å². The molecule has 34 heavy (non-hydrogen) atoms. The maximum Gasteiger partial charge on any atom is 0.325 e. The van der Waals surface area contributed by atoms with Crippen LogP contribution in [-0.4, -0.2) is 110 Å². The first-order valence-corrected chi connectivity index (χ1v) is 10.4. The van der Waals surface area contributed by atoms with Crippen LogP contribution >= 0.6 is 0 Å². The van der Waals surface area contributed by atoms with E-state index in [9.17, 15) is 19.2 Å². The Hall–Kier alpha value is -3.38. The van der Waals surface area contributed by atoms with Crippen molar-refractivity contribution in [2.24, 2.45) is 0 Å². The molecule has 0 aliphatic carbocycles. The first-order valence-electron chi connectivity index (χ1n) is 10.4. The summed E-state index contributed by atoms with van der Waals surface area (Å²) in [6.07, 6.45) is 0. The molecule has 0 spiro atoms. The molecule has 0 saturated carbocycles. The molecule has 1 aromatic rings. The SMILES string of the molecule is COC(=O)CN(CCOCCOc1ccccc1N(CC(=O)OC)CC(=O)OC)CC(=O)OC. The van der Waals surface area contributed by atoms with Crippen molar-refractivity contribution in [3.8, 4) is 5.75 Å². The van der Waals surface area contributed by atoms with E-state index in [0.717, 1.165) is 0 Å². The van der Waals surface area contributed by atoms with Gasteiger partial charge in [0.25, 0.3) is 0 Å². The molecule has 0 unspecified atom stereocenters. The third kappa shape index (κ3) is 11.0. The maximum absolute atomic E-state index is 11.8. The van der Waals surface area contributed by atoms with Crippen molar-refractivity contribution < 1.29 is 47.6 Å². The number of carbonyl (C=O) groups is 4. The second kappa shape index (κ2) is 16.3. The minimum Gasteiger partial charge on any atom is -0.489 e. The minimum atomic E-state index is -0.523. The summed E-state index contributed by atoms with van der Waals surface area (Å²) in [4.78, 5) is 49.6. The quantitative estimate of drug-likeness (QED) is 0.176. The van der Waals surface area contributed by atoms with E-state index in [1.54, 1.807) is 29.2 Å². The second-order valence-electron chi connectivity index (χ2n) is 6.80. The van der Waals surface area contributed by atoms with Gasteiger partial charge in [0.2, 0.25) is 0 Å². The number of ether oxygens (including phenoxy) is 6. The number of carbonyl (C=O) groups excluding carboxylic acids is 4. The van der Waals surface area contributed by atoms with Crippen molar-refractivity contribution in [3.63, 3.8) is 0 Å². The highest BCUT2D eigenvalue weighted by Gasteiger charge is 2.19. The van der Waals surface area contributed by atoms with Gasteiger partial charge in [-0.25, -0.2) is 0 Å². The third-order valence-electron chi connectivity index (χ3n) is 4.50. The Morgan fingerprint density at radius 3 is 1.71 bits per heavy atom. The molecule has 0 aliphatic heterocycles. The zero-order chi connectivity index (χ0) is 25.3. The number of anilines is 1. The van der Waals surface area contributed by atoms with E-state index in [1.165, 1.54) is 33.3 Å². The number of hydrogen-bond acceptors (Lipinski definition) is 12. The van der Waals surface area contributed by atoms with Gasteiger partial charge in [-0.3, -0.25) is 24.1 Å². The second-order valence-corrected chi connectivity index (χ2v) is 6.80. The Kier molecular flexibility index (Phi) is 13.7. The number of para-hydroxylation sites is 2. The van der Waals surface area contributed by atoms with Crippen LogP contribution in [0, 0.1) is 0 Å². The molecule has 190 valence electrons. The van der Waals surface area contributed by atoms with E-state index < -0.39 is 23.9 Å². The zero-order valence-corrected chi connectivity index (χ0v) is 19.9. The Balaban J connectivity index is 2.63. The monoisotopic (exact) mass is 484 g/mol. The van der Waals surface area contributed by atoms with Crippen LogP contribution < -0.4 is 9.64 Å². The van der Waals surface area contributed by atoms with Crippen LogP contribution in [-0.2, 0) is 42.9 Å². The molecule has 0 aliphatic rings. The van der Waals surface area contributed by atoms with Gasteiger partial charge in [0, 0.05) is 6.54 Å². The molecule has 12 heteroatoms. The van der Waals surface area contributed by atoms with Crippen molar-refractivity contribution in [1.29, 1.82) is 0 Å². The fraction of sp³-hybridized carbons (Fsp3) is 0.545. The van der Waals surface area contributed by atoms with Crippen molar-refractivity contribution >= 4 is 29.6 Å². The van der Waals surface area contributed by atoms with Crippen molar-refractivity contribution in [2.45, 2.75) is 0 Å². The topological polar surface area (TPSA) is 130 Å². The summed E-state index contributed by atoms with van der Waals surface area (Å²) < 4.78 is 30.0. The number of methoxy groups -OCH3 is 4. The van der Waals surface area contributed by atoms with Crippen molar-refractivity contribution in [1.82, 2.24) is 4.90 Å². The first-order chi connectivity index (χ1) is 16.3. The maximum atomic E-state index is 11.8. The molecule has 1 rings (SSSR count). The first kappa shape index (κ1) is 28.7. The van der Waals surface area contributed by atoms with Gasteiger partial charge in [0.15, 0.2) is 0 Å². The Morgan fingerprint density at radius 2 is 1.18 bits per heavy atom. The summed E-state index contributed by atoms with van der Waals surface area (Å²) in [6.45, 7) is 0.437. The van der Waals surface area contributed by atoms with E-state index in [-0.39, 0.29) is 46.0 Å². The smallest absolute Gasteiger partial charge is 0.325 e. The Morgan fingerprint density at radius 1 is 0.676 bits per heavy atom. The average Bonchev–Trinajstić information content (AvgIpc) is 2.85. The lowest BCUT2D eigenvalue weighted by Crippen LogP contribution is -2.38. The van der Waals surface area contributed by atoms with Gasteiger partial charge in [-0.15, -0.1) is 0 Å². The zero-order valence-electron chi connectivity index (χ0n) is 19.9. The highest BCUT2D eigenvalue weighted by Crippen LogP contribution is 2.28. The van der Waals surface area contributed by atoms with E-state index in [2.05, 4.69) is 9.47 Å². The van der Waals surface area contributed by atoms with Gasteiger partial charge >= 0.3 is 23.9 Å². The Bertz CT molecular complexity index is 766. The summed E-state index contributed by atoms with van der Waals surface area (Å²) in [5.41, 5.74) is 0.514. The molecule has 0 fully saturated rings. The van der Waals surface area contributed by atoms with Gasteiger partial charge in [0.05, 0.1) is 60.4 Å². The summed E-state index contributed by atoms with van der Waals surface area (Å²) in [5, 5.41) is 0. The van der Waals surface area contributed by atoms with Crippen LogP contribution in [0.25, 0.3) is 0 Å². The molecule has 1 aromatic carbocycles. The van der Waals surface area contributed by atoms with Crippen LogP contribution in [0.5, 0.6) is 5.75 Å². The number of nitrogens with zero attached hydrogens (tertiary/aromatic N) is 2. The van der Waals surface area contributed by atoms with Crippen molar-refractivity contribution in [2.75, 3.05) is 85.9 Å².